The Morgan fingerprint density at radius 3 is 2.81 bits per heavy atom. The van der Waals surface area contributed by atoms with Crippen LogP contribution in [0.3, 0.4) is 0 Å². The zero-order chi connectivity index (χ0) is 11.7. The lowest BCUT2D eigenvalue weighted by atomic mass is 10.1. The molecule has 0 saturated carbocycles. The van der Waals surface area contributed by atoms with E-state index in [2.05, 4.69) is 4.98 Å². The third-order valence-corrected chi connectivity index (χ3v) is 3.38. The predicted molar refractivity (Wildman–Crippen MR) is 62.3 cm³/mol. The summed E-state index contributed by atoms with van der Waals surface area (Å²) >= 11 is 6.94. The van der Waals surface area contributed by atoms with Crippen molar-refractivity contribution >= 4 is 22.9 Å². The molecule has 0 aliphatic carbocycles. The molecule has 0 radical (unpaired) electrons. The number of nitrogens with zero attached hydrogens (tertiary/aromatic N) is 1. The molecule has 0 aliphatic rings. The van der Waals surface area contributed by atoms with Crippen LogP contribution < -0.4 is 0 Å². The first-order valence-corrected chi connectivity index (χ1v) is 5.88. The summed E-state index contributed by atoms with van der Waals surface area (Å²) in [6.45, 7) is 1.82. The van der Waals surface area contributed by atoms with E-state index in [-0.39, 0.29) is 5.56 Å². The number of halogens is 2. The van der Waals surface area contributed by atoms with Crippen LogP contribution in [-0.4, -0.2) is 10.1 Å². The molecule has 1 unspecified atom stereocenters. The second kappa shape index (κ2) is 4.49. The van der Waals surface area contributed by atoms with E-state index in [1.165, 1.54) is 23.5 Å². The molecule has 2 aromatic rings. The molecule has 1 N–H and O–H groups in total. The minimum absolute atomic E-state index is 0.193. The number of hydrogen-bond donors (Lipinski definition) is 1. The lowest BCUT2D eigenvalue weighted by molar-refractivity contribution is 0.214. The molecular formula is C11H9ClFNOS. The highest BCUT2D eigenvalue weighted by Gasteiger charge is 2.17. The Hall–Kier alpha value is -0.970. The number of aryl methyl sites for hydroxylation is 1. The standard InChI is InChI=1S/C11H9ClFNOS/c1-6-5-16-11(14-6)10(15)8-3-2-7(12)4-9(8)13/h2-5,10,15H,1H3. The molecule has 5 heteroatoms. The van der Waals surface area contributed by atoms with E-state index in [0.29, 0.717) is 10.0 Å². The van der Waals surface area contributed by atoms with E-state index in [1.54, 1.807) is 6.07 Å². The molecule has 0 spiro atoms. The van der Waals surface area contributed by atoms with Crippen LogP contribution in [0.2, 0.25) is 5.02 Å². The van der Waals surface area contributed by atoms with Gasteiger partial charge in [-0.3, -0.25) is 0 Å². The molecule has 2 nitrogen and oxygen atoms in total. The largest absolute Gasteiger partial charge is 0.381 e. The van der Waals surface area contributed by atoms with Crippen molar-refractivity contribution in [1.82, 2.24) is 4.98 Å². The summed E-state index contributed by atoms with van der Waals surface area (Å²) in [7, 11) is 0. The summed E-state index contributed by atoms with van der Waals surface area (Å²) in [5.74, 6) is -0.521. The molecule has 0 bridgehead atoms. The average Bonchev–Trinajstić information content (AvgIpc) is 2.64. The van der Waals surface area contributed by atoms with Crippen molar-refractivity contribution in [1.29, 1.82) is 0 Å². The monoisotopic (exact) mass is 257 g/mol. The SMILES string of the molecule is Cc1csc(C(O)c2ccc(Cl)cc2F)n1. The quantitative estimate of drug-likeness (QED) is 0.895. The highest BCUT2D eigenvalue weighted by Crippen LogP contribution is 2.28. The Morgan fingerprint density at radius 2 is 2.25 bits per heavy atom. The van der Waals surface area contributed by atoms with Gasteiger partial charge in [-0.1, -0.05) is 17.7 Å². The van der Waals surface area contributed by atoms with Gasteiger partial charge in [-0.05, 0) is 19.1 Å². The van der Waals surface area contributed by atoms with Crippen molar-refractivity contribution in [3.8, 4) is 0 Å². The number of hydrogen-bond acceptors (Lipinski definition) is 3. The van der Waals surface area contributed by atoms with Crippen LogP contribution in [0.4, 0.5) is 4.39 Å². The van der Waals surface area contributed by atoms with Gasteiger partial charge in [0, 0.05) is 21.7 Å². The van der Waals surface area contributed by atoms with Gasteiger partial charge in [-0.15, -0.1) is 11.3 Å². The topological polar surface area (TPSA) is 33.1 Å². The lowest BCUT2D eigenvalue weighted by Gasteiger charge is -2.09. The number of benzene rings is 1. The summed E-state index contributed by atoms with van der Waals surface area (Å²) < 4.78 is 13.5. The normalized spacial score (nSPS) is 12.8. The molecule has 16 heavy (non-hydrogen) atoms. The molecule has 0 saturated heterocycles. The zero-order valence-corrected chi connectivity index (χ0v) is 10.0. The Balaban J connectivity index is 2.37. The fourth-order valence-corrected chi connectivity index (χ4v) is 2.31. The third-order valence-electron chi connectivity index (χ3n) is 2.13. The first-order valence-electron chi connectivity index (χ1n) is 4.63. The predicted octanol–water partition coefficient (Wildman–Crippen LogP) is 3.33. The highest BCUT2D eigenvalue weighted by atomic mass is 35.5. The van der Waals surface area contributed by atoms with E-state index in [1.807, 2.05) is 12.3 Å². The van der Waals surface area contributed by atoms with Gasteiger partial charge in [0.15, 0.2) is 0 Å². The van der Waals surface area contributed by atoms with E-state index >= 15 is 0 Å². The van der Waals surface area contributed by atoms with Gasteiger partial charge in [0.1, 0.15) is 16.9 Å². The van der Waals surface area contributed by atoms with Gasteiger partial charge in [0.05, 0.1) is 0 Å². The van der Waals surface area contributed by atoms with Gasteiger partial charge >= 0.3 is 0 Å². The number of aromatic nitrogens is 1. The minimum Gasteiger partial charge on any atom is -0.381 e. The number of thiazole rings is 1. The van der Waals surface area contributed by atoms with Gasteiger partial charge in [0.2, 0.25) is 0 Å². The zero-order valence-electron chi connectivity index (χ0n) is 8.45. The molecule has 84 valence electrons. The molecule has 0 fully saturated rings. The molecule has 0 amide bonds. The second-order valence-electron chi connectivity index (χ2n) is 3.40. The van der Waals surface area contributed by atoms with Crippen LogP contribution in [0.1, 0.15) is 22.4 Å². The number of aliphatic hydroxyl groups is 1. The first-order chi connectivity index (χ1) is 7.58. The first kappa shape index (κ1) is 11.5. The van der Waals surface area contributed by atoms with Crippen molar-refractivity contribution in [2.75, 3.05) is 0 Å². The number of aliphatic hydroxyl groups excluding tert-OH is 1. The maximum Gasteiger partial charge on any atom is 0.133 e. The smallest absolute Gasteiger partial charge is 0.133 e. The number of rotatable bonds is 2. The Bertz CT molecular complexity index is 514. The fourth-order valence-electron chi connectivity index (χ4n) is 1.35. The third kappa shape index (κ3) is 2.24. The van der Waals surface area contributed by atoms with Crippen LogP contribution in [0.15, 0.2) is 23.6 Å². The van der Waals surface area contributed by atoms with Gasteiger partial charge in [-0.25, -0.2) is 9.37 Å². The lowest BCUT2D eigenvalue weighted by Crippen LogP contribution is -2.02. The van der Waals surface area contributed by atoms with Gasteiger partial charge < -0.3 is 5.11 Å². The minimum atomic E-state index is -1.03. The summed E-state index contributed by atoms with van der Waals surface area (Å²) in [6, 6.07) is 4.20. The summed E-state index contributed by atoms with van der Waals surface area (Å²) in [5, 5.41) is 12.5. The van der Waals surface area contributed by atoms with E-state index in [4.69, 9.17) is 11.6 Å². The van der Waals surface area contributed by atoms with Crippen molar-refractivity contribution in [2.24, 2.45) is 0 Å². The van der Waals surface area contributed by atoms with Crippen LogP contribution in [0.5, 0.6) is 0 Å². The van der Waals surface area contributed by atoms with Crippen molar-refractivity contribution in [3.63, 3.8) is 0 Å². The molecule has 1 heterocycles. The molecule has 1 aromatic carbocycles. The fraction of sp³-hybridized carbons (Fsp3) is 0.182. The van der Waals surface area contributed by atoms with Crippen LogP contribution >= 0.6 is 22.9 Å². The summed E-state index contributed by atoms with van der Waals surface area (Å²) in [6.07, 6.45) is -1.03. The maximum atomic E-state index is 13.5. The maximum absolute atomic E-state index is 13.5. The van der Waals surface area contributed by atoms with Crippen molar-refractivity contribution in [3.05, 3.63) is 50.7 Å². The van der Waals surface area contributed by atoms with Gasteiger partial charge in [0.25, 0.3) is 0 Å². The summed E-state index contributed by atoms with van der Waals surface area (Å²) in [5.41, 5.74) is 1.01. The molecular weight excluding hydrogens is 249 g/mol. The van der Waals surface area contributed by atoms with E-state index in [9.17, 15) is 9.50 Å². The second-order valence-corrected chi connectivity index (χ2v) is 4.72. The van der Waals surface area contributed by atoms with Crippen molar-refractivity contribution in [2.45, 2.75) is 13.0 Å². The van der Waals surface area contributed by atoms with E-state index < -0.39 is 11.9 Å². The van der Waals surface area contributed by atoms with Crippen LogP contribution in [0.25, 0.3) is 0 Å². The van der Waals surface area contributed by atoms with Crippen LogP contribution in [0, 0.1) is 12.7 Å². The van der Waals surface area contributed by atoms with E-state index in [0.717, 1.165) is 5.69 Å². The molecule has 1 aromatic heterocycles. The Labute approximate surface area is 101 Å². The Kier molecular flexibility index (Phi) is 3.23. The summed E-state index contributed by atoms with van der Waals surface area (Å²) in [4.78, 5) is 4.12. The highest BCUT2D eigenvalue weighted by molar-refractivity contribution is 7.09. The average molecular weight is 258 g/mol. The molecule has 2 rings (SSSR count). The molecule has 0 aliphatic heterocycles. The van der Waals surface area contributed by atoms with Crippen molar-refractivity contribution < 1.29 is 9.50 Å². The Morgan fingerprint density at radius 1 is 1.50 bits per heavy atom. The van der Waals surface area contributed by atoms with Crippen LogP contribution in [-0.2, 0) is 0 Å². The molecule has 1 atom stereocenters. The van der Waals surface area contributed by atoms with Gasteiger partial charge in [-0.2, -0.15) is 0 Å².